The molecule has 0 unspecified atom stereocenters. The first-order valence-electron chi connectivity index (χ1n) is 10.4. The maximum Gasteiger partial charge on any atom is 0.302 e. The minimum atomic E-state index is -2.45. The number of hydrogen-bond donors (Lipinski definition) is 0. The maximum absolute atomic E-state index is 14.2. The lowest BCUT2D eigenvalue weighted by atomic mass is 9.48. The molecule has 0 heterocycles. The van der Waals surface area contributed by atoms with Crippen LogP contribution in [0.1, 0.15) is 65.7 Å². The summed E-state index contributed by atoms with van der Waals surface area (Å²) in [6.07, 6.45) is 9.02. The lowest BCUT2D eigenvalue weighted by molar-refractivity contribution is -0.156. The van der Waals surface area contributed by atoms with Crippen LogP contribution in [0.4, 0.5) is 8.78 Å². The van der Waals surface area contributed by atoms with Crippen LogP contribution in [0.2, 0.25) is 0 Å². The van der Waals surface area contributed by atoms with Gasteiger partial charge in [0.1, 0.15) is 6.10 Å². The summed E-state index contributed by atoms with van der Waals surface area (Å²) in [5, 5.41) is 0. The quantitative estimate of drug-likeness (QED) is 0.462. The molecule has 0 radical (unpaired) electrons. The number of esters is 1. The molecule has 5 aliphatic carbocycles. The van der Waals surface area contributed by atoms with E-state index in [0.717, 1.165) is 44.1 Å². The minimum absolute atomic E-state index is 0.0348. The monoisotopic (exact) mass is 364 g/mol. The Bertz CT molecular complexity index is 686. The van der Waals surface area contributed by atoms with Crippen molar-refractivity contribution in [2.45, 2.75) is 77.7 Å². The first kappa shape index (κ1) is 17.2. The van der Waals surface area contributed by atoms with Crippen LogP contribution in [0.3, 0.4) is 0 Å². The van der Waals surface area contributed by atoms with Crippen LogP contribution < -0.4 is 0 Å². The number of alkyl halides is 2. The van der Waals surface area contributed by atoms with E-state index in [0.29, 0.717) is 24.2 Å². The predicted molar refractivity (Wildman–Crippen MR) is 94.6 cm³/mol. The first-order chi connectivity index (χ1) is 12.2. The summed E-state index contributed by atoms with van der Waals surface area (Å²) in [6.45, 7) is 6.09. The van der Waals surface area contributed by atoms with E-state index in [9.17, 15) is 13.6 Å². The van der Waals surface area contributed by atoms with E-state index >= 15 is 0 Å². The standard InChI is InChI=1S/C22H30F2O2/c1-12(25)26-18-7-6-14-13-4-5-16-19-17(22(19,23)24)9-10-20(16,2)15(13)8-11-21(14,18)3/h5,13-15,17-19H,4,6-11H2,1-3H3/t13-,14-,15-,17+,18-,19-,20+,21-/m0/s1. The van der Waals surface area contributed by atoms with Gasteiger partial charge in [-0.3, -0.25) is 4.79 Å². The van der Waals surface area contributed by atoms with Crippen molar-refractivity contribution < 1.29 is 18.3 Å². The Morgan fingerprint density at radius 3 is 2.54 bits per heavy atom. The molecule has 0 N–H and O–H groups in total. The SMILES string of the molecule is CC(=O)O[C@H]1CC[C@H]2[C@@H]3CC=C4[C@H]5[C@@H](CC[C@]4(C)[C@H]3CC[C@]12C)C5(F)F. The van der Waals surface area contributed by atoms with Gasteiger partial charge in [-0.05, 0) is 68.1 Å². The van der Waals surface area contributed by atoms with Gasteiger partial charge >= 0.3 is 5.97 Å². The van der Waals surface area contributed by atoms with Crippen molar-refractivity contribution >= 4 is 5.97 Å². The Morgan fingerprint density at radius 2 is 1.81 bits per heavy atom. The van der Waals surface area contributed by atoms with Crippen LogP contribution >= 0.6 is 0 Å². The van der Waals surface area contributed by atoms with E-state index in [1.54, 1.807) is 0 Å². The molecule has 0 aromatic rings. The van der Waals surface area contributed by atoms with Gasteiger partial charge < -0.3 is 4.74 Å². The van der Waals surface area contributed by atoms with Crippen molar-refractivity contribution in [2.24, 2.45) is 40.4 Å². The van der Waals surface area contributed by atoms with E-state index < -0.39 is 11.8 Å². The van der Waals surface area contributed by atoms with Crippen LogP contribution in [-0.4, -0.2) is 18.0 Å². The molecule has 0 aromatic heterocycles. The number of rotatable bonds is 1. The summed E-state index contributed by atoms with van der Waals surface area (Å²) >= 11 is 0. The summed E-state index contributed by atoms with van der Waals surface area (Å²) in [5.74, 6) is -1.84. The van der Waals surface area contributed by atoms with E-state index in [2.05, 4.69) is 19.9 Å². The molecule has 2 nitrogen and oxygen atoms in total. The summed E-state index contributed by atoms with van der Waals surface area (Å²) in [4.78, 5) is 11.5. The fraction of sp³-hybridized carbons (Fsp3) is 0.864. The molecule has 26 heavy (non-hydrogen) atoms. The van der Waals surface area contributed by atoms with E-state index in [1.165, 1.54) is 6.92 Å². The number of ether oxygens (including phenoxy) is 1. The highest BCUT2D eigenvalue weighted by molar-refractivity contribution is 5.66. The van der Waals surface area contributed by atoms with E-state index in [1.807, 2.05) is 0 Å². The molecule has 0 bridgehead atoms. The molecule has 144 valence electrons. The fourth-order valence-corrected chi connectivity index (χ4v) is 7.90. The number of carbonyl (C=O) groups excluding carboxylic acids is 1. The molecule has 0 aliphatic heterocycles. The summed E-state index contributed by atoms with van der Waals surface area (Å²) < 4.78 is 34.1. The number of allylic oxidation sites excluding steroid dienone is 2. The molecular formula is C22H30F2O2. The van der Waals surface area contributed by atoms with Crippen molar-refractivity contribution in [3.63, 3.8) is 0 Å². The topological polar surface area (TPSA) is 26.3 Å². The fourth-order valence-electron chi connectivity index (χ4n) is 7.90. The highest BCUT2D eigenvalue weighted by Gasteiger charge is 2.74. The third-order valence-corrected chi connectivity index (χ3v) is 9.26. The lowest BCUT2D eigenvalue weighted by Gasteiger charge is -2.57. The van der Waals surface area contributed by atoms with E-state index in [-0.39, 0.29) is 28.8 Å². The lowest BCUT2D eigenvalue weighted by Crippen LogP contribution is -2.51. The van der Waals surface area contributed by atoms with Gasteiger partial charge in [0.25, 0.3) is 5.92 Å². The molecule has 0 spiro atoms. The smallest absolute Gasteiger partial charge is 0.302 e. The minimum Gasteiger partial charge on any atom is -0.462 e. The highest BCUT2D eigenvalue weighted by Crippen LogP contribution is 2.73. The van der Waals surface area contributed by atoms with Crippen LogP contribution in [-0.2, 0) is 9.53 Å². The maximum atomic E-state index is 14.2. The number of halogens is 2. The van der Waals surface area contributed by atoms with Crippen LogP contribution in [0.15, 0.2) is 11.6 Å². The molecule has 0 saturated heterocycles. The van der Waals surface area contributed by atoms with Gasteiger partial charge in [0.05, 0.1) is 5.92 Å². The van der Waals surface area contributed by atoms with Gasteiger partial charge in [0.2, 0.25) is 0 Å². The van der Waals surface area contributed by atoms with Gasteiger partial charge in [0, 0.05) is 18.3 Å². The van der Waals surface area contributed by atoms with Crippen LogP contribution in [0.5, 0.6) is 0 Å². The predicted octanol–water partition coefficient (Wildman–Crippen LogP) is 5.37. The molecule has 0 aromatic carbocycles. The van der Waals surface area contributed by atoms with Crippen molar-refractivity contribution in [1.82, 2.24) is 0 Å². The van der Waals surface area contributed by atoms with Gasteiger partial charge in [0.15, 0.2) is 0 Å². The largest absolute Gasteiger partial charge is 0.462 e. The number of fused-ring (bicyclic) bond motifs is 7. The Balaban J connectivity index is 1.46. The summed E-state index contributed by atoms with van der Waals surface area (Å²) in [7, 11) is 0. The average molecular weight is 364 g/mol. The third-order valence-electron chi connectivity index (χ3n) is 9.26. The Kier molecular flexibility index (Phi) is 3.38. The van der Waals surface area contributed by atoms with Gasteiger partial charge in [-0.2, -0.15) is 0 Å². The molecule has 5 aliphatic rings. The van der Waals surface area contributed by atoms with Crippen molar-refractivity contribution in [1.29, 1.82) is 0 Å². The Morgan fingerprint density at radius 1 is 1.08 bits per heavy atom. The first-order valence-corrected chi connectivity index (χ1v) is 10.4. The third kappa shape index (κ3) is 1.99. The van der Waals surface area contributed by atoms with Crippen LogP contribution in [0, 0.1) is 40.4 Å². The van der Waals surface area contributed by atoms with Crippen molar-refractivity contribution in [2.75, 3.05) is 0 Å². The Labute approximate surface area is 154 Å². The van der Waals surface area contributed by atoms with Crippen molar-refractivity contribution in [3.8, 4) is 0 Å². The molecule has 4 heteroatoms. The van der Waals surface area contributed by atoms with E-state index in [4.69, 9.17) is 4.74 Å². The summed E-state index contributed by atoms with van der Waals surface area (Å²) in [6, 6.07) is 0. The van der Waals surface area contributed by atoms with Gasteiger partial charge in [-0.1, -0.05) is 25.5 Å². The summed E-state index contributed by atoms with van der Waals surface area (Å²) in [5.41, 5.74) is 1.12. The highest BCUT2D eigenvalue weighted by atomic mass is 19.3. The molecule has 8 atom stereocenters. The van der Waals surface area contributed by atoms with Crippen molar-refractivity contribution in [3.05, 3.63) is 11.6 Å². The normalized spacial score (nSPS) is 53.5. The molecule has 0 amide bonds. The zero-order valence-electron chi connectivity index (χ0n) is 16.1. The molecule has 4 fully saturated rings. The molecule has 4 saturated carbocycles. The van der Waals surface area contributed by atoms with Gasteiger partial charge in [-0.25, -0.2) is 8.78 Å². The zero-order chi connectivity index (χ0) is 18.5. The second-order valence-corrected chi connectivity index (χ2v) is 10.2. The zero-order valence-corrected chi connectivity index (χ0v) is 16.1. The Hall–Kier alpha value is -0.930. The molecule has 5 rings (SSSR count). The number of hydrogen-bond acceptors (Lipinski definition) is 2. The molecular weight excluding hydrogens is 334 g/mol. The van der Waals surface area contributed by atoms with Crippen LogP contribution in [0.25, 0.3) is 0 Å². The van der Waals surface area contributed by atoms with Gasteiger partial charge in [-0.15, -0.1) is 0 Å². The second kappa shape index (κ2) is 5.11. The average Bonchev–Trinajstić information content (AvgIpc) is 2.96. The second-order valence-electron chi connectivity index (χ2n) is 10.2. The number of carbonyl (C=O) groups is 1.